The normalized spacial score (nSPS) is 18.2. The summed E-state index contributed by atoms with van der Waals surface area (Å²) in [5, 5.41) is 22.5. The molecule has 0 saturated carbocycles. The van der Waals surface area contributed by atoms with E-state index in [2.05, 4.69) is 5.32 Å². The number of rotatable bonds is 14. The van der Waals surface area contributed by atoms with E-state index >= 15 is 0 Å². The van der Waals surface area contributed by atoms with Gasteiger partial charge in [-0.3, -0.25) is 18.9 Å². The summed E-state index contributed by atoms with van der Waals surface area (Å²) in [6.45, 7) is 14.1. The monoisotopic (exact) mass is 509 g/mol. The molecule has 0 aromatic carbocycles. The van der Waals surface area contributed by atoms with Gasteiger partial charge in [-0.25, -0.2) is 0 Å². The minimum absolute atomic E-state index is 0.0913. The van der Waals surface area contributed by atoms with Crippen molar-refractivity contribution >= 4 is 28.0 Å². The average molecular weight is 510 g/mol. The lowest BCUT2D eigenvalue weighted by molar-refractivity contribution is -0.167. The Morgan fingerprint density at radius 1 is 0.971 bits per heavy atom. The second-order valence-corrected chi connectivity index (χ2v) is 12.8. The summed E-state index contributed by atoms with van der Waals surface area (Å²) in [7, 11) is -4.34. The number of hydrogen-bond donors (Lipinski definition) is 4. The number of carboxylic acid groups (broad SMARTS) is 1. The largest absolute Gasteiger partial charge is 0.481 e. The zero-order valence-corrected chi connectivity index (χ0v) is 22.7. The highest BCUT2D eigenvalue weighted by Gasteiger charge is 2.46. The molecule has 0 saturated heterocycles. The predicted molar refractivity (Wildman–Crippen MR) is 128 cm³/mol. The van der Waals surface area contributed by atoms with E-state index in [0.29, 0.717) is 6.42 Å². The first kappa shape index (κ1) is 32.3. The Morgan fingerprint density at radius 3 is 1.85 bits per heavy atom. The number of carbonyl (C=O) groups excluding carboxylic acids is 2. The molecule has 0 aliphatic rings. The maximum absolute atomic E-state index is 13.0. The van der Waals surface area contributed by atoms with Gasteiger partial charge in [0.05, 0.1) is 27.7 Å². The van der Waals surface area contributed by atoms with Crippen LogP contribution in [0.1, 0.15) is 88.0 Å². The van der Waals surface area contributed by atoms with E-state index in [4.69, 9.17) is 9.29 Å². The summed E-state index contributed by atoms with van der Waals surface area (Å²) in [4.78, 5) is 37.9. The molecule has 0 heterocycles. The fraction of sp³-hybridized carbons (Fsp3) is 0.870. The summed E-state index contributed by atoms with van der Waals surface area (Å²) in [5.41, 5.74) is -4.92. The van der Waals surface area contributed by atoms with E-state index < -0.39 is 67.7 Å². The topological polar surface area (TPSA) is 167 Å². The molecule has 4 unspecified atom stereocenters. The fourth-order valence-corrected chi connectivity index (χ4v) is 5.21. The molecule has 4 N–H and O–H groups in total. The van der Waals surface area contributed by atoms with E-state index in [9.17, 15) is 33.0 Å². The van der Waals surface area contributed by atoms with Gasteiger partial charge in [0.2, 0.25) is 5.91 Å². The van der Waals surface area contributed by atoms with Crippen molar-refractivity contribution in [1.82, 2.24) is 5.32 Å². The molecular formula is C23H43NO9S. The maximum Gasteiger partial charge on any atom is 0.312 e. The van der Waals surface area contributed by atoms with Gasteiger partial charge in [-0.2, -0.15) is 8.42 Å². The highest BCUT2D eigenvalue weighted by molar-refractivity contribution is 7.85. The summed E-state index contributed by atoms with van der Waals surface area (Å²) in [6.07, 6.45) is -0.273. The quantitative estimate of drug-likeness (QED) is 0.203. The number of ether oxygens (including phenoxy) is 1. The van der Waals surface area contributed by atoms with Crippen LogP contribution in [0.15, 0.2) is 0 Å². The Labute approximate surface area is 203 Å². The van der Waals surface area contributed by atoms with Gasteiger partial charge in [0.1, 0.15) is 6.10 Å². The Balaban J connectivity index is 5.59. The third-order valence-corrected chi connectivity index (χ3v) is 6.96. The van der Waals surface area contributed by atoms with Crippen molar-refractivity contribution in [1.29, 1.82) is 0 Å². The van der Waals surface area contributed by atoms with Gasteiger partial charge in [0.15, 0.2) is 0 Å². The van der Waals surface area contributed by atoms with Gasteiger partial charge in [0, 0.05) is 12.3 Å². The number of nitrogens with one attached hydrogen (secondary N) is 1. The number of hydrogen-bond acceptors (Lipinski definition) is 7. The van der Waals surface area contributed by atoms with E-state index in [-0.39, 0.29) is 19.3 Å². The van der Waals surface area contributed by atoms with Gasteiger partial charge >= 0.3 is 11.9 Å². The van der Waals surface area contributed by atoms with E-state index in [1.807, 2.05) is 0 Å². The van der Waals surface area contributed by atoms with Crippen molar-refractivity contribution in [3.63, 3.8) is 0 Å². The number of aliphatic carboxylic acids is 1. The molecule has 0 bridgehead atoms. The average Bonchev–Trinajstić information content (AvgIpc) is 2.56. The van der Waals surface area contributed by atoms with Crippen LogP contribution in [0.25, 0.3) is 0 Å². The number of carbonyl (C=O) groups is 3. The van der Waals surface area contributed by atoms with Gasteiger partial charge in [-0.15, -0.1) is 0 Å². The molecule has 0 spiro atoms. The van der Waals surface area contributed by atoms with E-state index in [1.165, 1.54) is 27.7 Å². The van der Waals surface area contributed by atoms with Crippen molar-refractivity contribution in [2.45, 2.75) is 105 Å². The SMILES string of the molecule is CCC(C)(CC(C)(CC(C)C(=O)NC(C)(C)CS(=O)(=O)O)C(=O)O)C(=O)OC(C)CC(C)(C)O. The van der Waals surface area contributed by atoms with Crippen molar-refractivity contribution in [2.24, 2.45) is 16.7 Å². The number of carboxylic acids is 1. The van der Waals surface area contributed by atoms with Gasteiger partial charge < -0.3 is 20.3 Å². The first-order valence-corrected chi connectivity index (χ1v) is 13.0. The lowest BCUT2D eigenvalue weighted by Gasteiger charge is -2.37. The summed E-state index contributed by atoms with van der Waals surface area (Å²) >= 11 is 0. The third-order valence-electron chi connectivity index (χ3n) is 5.87. The molecule has 0 aromatic heterocycles. The number of aliphatic hydroxyl groups is 1. The van der Waals surface area contributed by atoms with Crippen LogP contribution in [0.5, 0.6) is 0 Å². The van der Waals surface area contributed by atoms with E-state index in [1.54, 1.807) is 34.6 Å². The number of amides is 1. The molecule has 0 fully saturated rings. The van der Waals surface area contributed by atoms with Crippen molar-refractivity contribution in [3.8, 4) is 0 Å². The van der Waals surface area contributed by atoms with Gasteiger partial charge in [-0.05, 0) is 67.7 Å². The second-order valence-electron chi connectivity index (χ2n) is 11.4. The lowest BCUT2D eigenvalue weighted by atomic mass is 9.68. The van der Waals surface area contributed by atoms with Gasteiger partial charge in [-0.1, -0.05) is 13.8 Å². The second kappa shape index (κ2) is 11.3. The van der Waals surface area contributed by atoms with Crippen LogP contribution in [0.4, 0.5) is 0 Å². The Kier molecular flexibility index (Phi) is 10.8. The molecule has 11 heteroatoms. The lowest BCUT2D eigenvalue weighted by Crippen LogP contribution is -2.51. The van der Waals surface area contributed by atoms with Crippen molar-refractivity contribution in [2.75, 3.05) is 5.75 Å². The standard InChI is InChI=1S/C23H43NO9S/c1-10-22(8,19(28)33-16(3)12-21(6,7)29)13-23(9,18(26)27)11-15(2)17(25)24-20(4,5)14-34(30,31)32/h15-16,29H,10-14H2,1-9H3,(H,24,25)(H,26,27)(H,30,31,32). The minimum Gasteiger partial charge on any atom is -0.481 e. The van der Waals surface area contributed by atoms with Crippen LogP contribution in [0.2, 0.25) is 0 Å². The van der Waals surface area contributed by atoms with Crippen LogP contribution in [0, 0.1) is 16.7 Å². The zero-order valence-electron chi connectivity index (χ0n) is 21.9. The smallest absolute Gasteiger partial charge is 0.312 e. The van der Waals surface area contributed by atoms with Gasteiger partial charge in [0.25, 0.3) is 10.1 Å². The molecular weight excluding hydrogens is 466 g/mol. The molecule has 0 aliphatic heterocycles. The molecule has 34 heavy (non-hydrogen) atoms. The van der Waals surface area contributed by atoms with E-state index in [0.717, 1.165) is 0 Å². The van der Waals surface area contributed by atoms with Crippen LogP contribution in [-0.2, 0) is 29.2 Å². The van der Waals surface area contributed by atoms with Crippen LogP contribution < -0.4 is 5.32 Å². The Morgan fingerprint density at radius 2 is 1.47 bits per heavy atom. The first-order valence-electron chi connectivity index (χ1n) is 11.4. The zero-order chi connectivity index (χ0) is 27.3. The molecule has 0 aromatic rings. The molecule has 200 valence electrons. The highest BCUT2D eigenvalue weighted by Crippen LogP contribution is 2.42. The fourth-order valence-electron chi connectivity index (χ4n) is 4.23. The molecule has 0 radical (unpaired) electrons. The summed E-state index contributed by atoms with van der Waals surface area (Å²) < 4.78 is 37.0. The number of esters is 1. The van der Waals surface area contributed by atoms with Crippen LogP contribution in [-0.4, -0.2) is 64.0 Å². The third kappa shape index (κ3) is 11.1. The predicted octanol–water partition coefficient (Wildman–Crippen LogP) is 2.79. The summed E-state index contributed by atoms with van der Waals surface area (Å²) in [5.74, 6) is -3.85. The minimum atomic E-state index is -4.34. The van der Waals surface area contributed by atoms with Crippen molar-refractivity contribution in [3.05, 3.63) is 0 Å². The molecule has 0 rings (SSSR count). The molecule has 4 atom stereocenters. The highest BCUT2D eigenvalue weighted by atomic mass is 32.2. The van der Waals surface area contributed by atoms with Crippen LogP contribution in [0.3, 0.4) is 0 Å². The maximum atomic E-state index is 13.0. The molecule has 1 amide bonds. The first-order chi connectivity index (χ1) is 15.0. The Bertz CT molecular complexity index is 847. The molecule has 0 aliphatic carbocycles. The molecule has 10 nitrogen and oxygen atoms in total. The van der Waals surface area contributed by atoms with Crippen LogP contribution >= 0.6 is 0 Å². The Hall–Kier alpha value is -1.72. The summed E-state index contributed by atoms with van der Waals surface area (Å²) in [6, 6.07) is 0. The van der Waals surface area contributed by atoms with Crippen molar-refractivity contribution < 1.29 is 42.3 Å².